The number of amidine groups is 1. The Balaban J connectivity index is 1.22. The van der Waals surface area contributed by atoms with Crippen molar-refractivity contribution in [3.05, 3.63) is 181 Å². The molecule has 0 spiro atoms. The quantitative estimate of drug-likeness (QED) is 0.167. The SMILES string of the molecule is CC1(C)N=C(c2ccccc2)N(c2cccc(-c3ccc4c(-c5ccc6ccccc6c5)c5ccccc5c(-c5ccc6ccccc6c5)c4c3)n2)C1(C)C. The van der Waals surface area contributed by atoms with E-state index in [2.05, 4.69) is 209 Å². The zero-order chi connectivity index (χ0) is 37.3. The number of pyridine rings is 1. The van der Waals surface area contributed by atoms with Gasteiger partial charge in [0.1, 0.15) is 11.7 Å². The molecule has 1 aliphatic rings. The van der Waals surface area contributed by atoms with Crippen molar-refractivity contribution in [2.24, 2.45) is 4.99 Å². The van der Waals surface area contributed by atoms with E-state index in [4.69, 9.17) is 9.98 Å². The van der Waals surface area contributed by atoms with Gasteiger partial charge in [-0.05, 0) is 123 Å². The van der Waals surface area contributed by atoms with E-state index in [1.54, 1.807) is 0 Å². The van der Waals surface area contributed by atoms with Crippen LogP contribution in [0.25, 0.3) is 76.6 Å². The largest absolute Gasteiger partial charge is 0.303 e. The van der Waals surface area contributed by atoms with Crippen molar-refractivity contribution in [1.29, 1.82) is 0 Å². The Kier molecular flexibility index (Phi) is 7.50. The van der Waals surface area contributed by atoms with E-state index >= 15 is 0 Å². The van der Waals surface area contributed by atoms with Gasteiger partial charge in [-0.15, -0.1) is 0 Å². The summed E-state index contributed by atoms with van der Waals surface area (Å²) in [7, 11) is 0. The minimum Gasteiger partial charge on any atom is -0.303 e. The smallest absolute Gasteiger partial charge is 0.137 e. The lowest BCUT2D eigenvalue weighted by Crippen LogP contribution is -2.53. The van der Waals surface area contributed by atoms with E-state index in [0.717, 1.165) is 28.5 Å². The Morgan fingerprint density at radius 3 is 1.56 bits per heavy atom. The molecule has 9 aromatic rings. The molecule has 10 rings (SSSR count). The maximum atomic E-state index is 5.43. The molecule has 3 heteroatoms. The van der Waals surface area contributed by atoms with Crippen molar-refractivity contribution in [1.82, 2.24) is 4.98 Å². The third-order valence-electron chi connectivity index (χ3n) is 12.0. The van der Waals surface area contributed by atoms with Crippen LogP contribution in [-0.2, 0) is 0 Å². The Bertz CT molecular complexity index is 2990. The van der Waals surface area contributed by atoms with Crippen LogP contribution in [0.3, 0.4) is 0 Å². The molecular formula is C52H41N3. The molecular weight excluding hydrogens is 667 g/mol. The number of anilines is 1. The number of benzene rings is 8. The summed E-state index contributed by atoms with van der Waals surface area (Å²) >= 11 is 0. The van der Waals surface area contributed by atoms with Crippen LogP contribution in [0.15, 0.2) is 181 Å². The second-order valence-electron chi connectivity index (χ2n) is 15.8. The predicted octanol–water partition coefficient (Wildman–Crippen LogP) is 13.5. The van der Waals surface area contributed by atoms with E-state index in [1.807, 2.05) is 0 Å². The van der Waals surface area contributed by atoms with Crippen molar-refractivity contribution in [2.45, 2.75) is 38.8 Å². The fraction of sp³-hybridized carbons (Fsp3) is 0.115. The third-order valence-corrected chi connectivity index (χ3v) is 12.0. The average Bonchev–Trinajstić information content (AvgIpc) is 3.42. The lowest BCUT2D eigenvalue weighted by Gasteiger charge is -2.40. The first-order chi connectivity index (χ1) is 26.8. The highest BCUT2D eigenvalue weighted by atomic mass is 15.4. The van der Waals surface area contributed by atoms with E-state index in [0.29, 0.717) is 0 Å². The lowest BCUT2D eigenvalue weighted by atomic mass is 9.83. The van der Waals surface area contributed by atoms with Gasteiger partial charge in [-0.3, -0.25) is 4.99 Å². The highest BCUT2D eigenvalue weighted by Crippen LogP contribution is 2.46. The molecule has 0 N–H and O–H groups in total. The van der Waals surface area contributed by atoms with Gasteiger partial charge in [0.15, 0.2) is 0 Å². The molecule has 0 atom stereocenters. The van der Waals surface area contributed by atoms with Crippen molar-refractivity contribution in [2.75, 3.05) is 4.90 Å². The summed E-state index contributed by atoms with van der Waals surface area (Å²) < 4.78 is 0. The highest BCUT2D eigenvalue weighted by Gasteiger charge is 2.50. The first-order valence-electron chi connectivity index (χ1n) is 19.2. The minimum atomic E-state index is -0.326. The molecule has 0 unspecified atom stereocenters. The number of rotatable bonds is 5. The van der Waals surface area contributed by atoms with Gasteiger partial charge in [0.25, 0.3) is 0 Å². The standard InChI is InChI=1S/C52H41N3/c1-51(2)52(3,4)55(50(54-51)36-17-6-5-7-18-36)47-24-14-23-46(53-47)39-29-30-44-45(33-39)49(41-28-26-35-16-9-11-20-38(35)32-41)43-22-13-12-21-42(43)48(44)40-27-25-34-15-8-10-19-37(34)31-40/h5-33H,1-4H3. The molecule has 8 aromatic carbocycles. The predicted molar refractivity (Wildman–Crippen MR) is 234 cm³/mol. The van der Waals surface area contributed by atoms with Crippen LogP contribution in [0.1, 0.15) is 33.3 Å². The maximum Gasteiger partial charge on any atom is 0.137 e. The monoisotopic (exact) mass is 707 g/mol. The van der Waals surface area contributed by atoms with E-state index < -0.39 is 0 Å². The molecule has 0 amide bonds. The Labute approximate surface area is 322 Å². The minimum absolute atomic E-state index is 0.315. The van der Waals surface area contributed by atoms with Gasteiger partial charge in [-0.25, -0.2) is 4.98 Å². The van der Waals surface area contributed by atoms with E-state index in [1.165, 1.54) is 65.3 Å². The van der Waals surface area contributed by atoms with E-state index in [9.17, 15) is 0 Å². The van der Waals surface area contributed by atoms with Crippen LogP contribution < -0.4 is 4.90 Å². The number of nitrogens with zero attached hydrogens (tertiary/aromatic N) is 3. The molecule has 2 heterocycles. The maximum absolute atomic E-state index is 5.43. The summed E-state index contributed by atoms with van der Waals surface area (Å²) in [6.07, 6.45) is 0. The Hall–Kier alpha value is -6.58. The number of aromatic nitrogens is 1. The summed E-state index contributed by atoms with van der Waals surface area (Å²) in [5.41, 5.74) is 7.35. The average molecular weight is 708 g/mol. The van der Waals surface area contributed by atoms with Gasteiger partial charge in [0.05, 0.1) is 16.8 Å². The lowest BCUT2D eigenvalue weighted by molar-refractivity contribution is 0.337. The van der Waals surface area contributed by atoms with Crippen LogP contribution in [0, 0.1) is 0 Å². The van der Waals surface area contributed by atoms with Gasteiger partial charge in [-0.2, -0.15) is 0 Å². The molecule has 1 aliphatic heterocycles. The zero-order valence-electron chi connectivity index (χ0n) is 31.6. The molecule has 0 aliphatic carbocycles. The molecule has 55 heavy (non-hydrogen) atoms. The summed E-state index contributed by atoms with van der Waals surface area (Å²) in [4.78, 5) is 13.1. The van der Waals surface area contributed by atoms with Gasteiger partial charge in [0, 0.05) is 11.1 Å². The second-order valence-corrected chi connectivity index (χ2v) is 15.8. The van der Waals surface area contributed by atoms with Crippen LogP contribution >= 0.6 is 0 Å². The number of hydrogen-bond acceptors (Lipinski definition) is 3. The normalized spacial score (nSPS) is 14.9. The summed E-state index contributed by atoms with van der Waals surface area (Å²) in [5, 5.41) is 9.85. The van der Waals surface area contributed by atoms with E-state index in [-0.39, 0.29) is 11.1 Å². The summed E-state index contributed by atoms with van der Waals surface area (Å²) in [5.74, 6) is 1.84. The molecule has 0 saturated carbocycles. The topological polar surface area (TPSA) is 28.5 Å². The van der Waals surface area contributed by atoms with Gasteiger partial charge >= 0.3 is 0 Å². The van der Waals surface area contributed by atoms with Gasteiger partial charge in [-0.1, -0.05) is 146 Å². The highest BCUT2D eigenvalue weighted by molar-refractivity contribution is 6.22. The van der Waals surface area contributed by atoms with Crippen molar-refractivity contribution in [3.63, 3.8) is 0 Å². The Morgan fingerprint density at radius 1 is 0.400 bits per heavy atom. The summed E-state index contributed by atoms with van der Waals surface area (Å²) in [6, 6.07) is 63.8. The van der Waals surface area contributed by atoms with Crippen molar-refractivity contribution in [3.8, 4) is 33.5 Å². The van der Waals surface area contributed by atoms with Crippen LogP contribution in [0.5, 0.6) is 0 Å². The number of fused-ring (bicyclic) bond motifs is 4. The molecule has 264 valence electrons. The molecule has 0 bridgehead atoms. The number of aliphatic imine (C=N–C) groups is 1. The van der Waals surface area contributed by atoms with Crippen LogP contribution in [-0.4, -0.2) is 21.9 Å². The fourth-order valence-electron chi connectivity index (χ4n) is 8.52. The van der Waals surface area contributed by atoms with Gasteiger partial charge in [0.2, 0.25) is 0 Å². The fourth-order valence-corrected chi connectivity index (χ4v) is 8.52. The Morgan fingerprint density at radius 2 is 0.927 bits per heavy atom. The van der Waals surface area contributed by atoms with Gasteiger partial charge < -0.3 is 4.90 Å². The number of hydrogen-bond donors (Lipinski definition) is 0. The first kappa shape index (κ1) is 33.0. The van der Waals surface area contributed by atoms with Crippen LogP contribution in [0.2, 0.25) is 0 Å². The second kappa shape index (κ2) is 12.5. The third kappa shape index (κ3) is 5.33. The first-order valence-corrected chi connectivity index (χ1v) is 19.2. The molecule has 3 nitrogen and oxygen atoms in total. The van der Waals surface area contributed by atoms with Crippen molar-refractivity contribution >= 4 is 54.7 Å². The zero-order valence-corrected chi connectivity index (χ0v) is 31.6. The molecule has 0 saturated heterocycles. The molecule has 0 radical (unpaired) electrons. The molecule has 0 fully saturated rings. The van der Waals surface area contributed by atoms with Crippen molar-refractivity contribution < 1.29 is 0 Å². The van der Waals surface area contributed by atoms with Crippen LogP contribution in [0.4, 0.5) is 5.82 Å². The molecule has 1 aromatic heterocycles. The summed E-state index contributed by atoms with van der Waals surface area (Å²) in [6.45, 7) is 8.97.